The molecule has 1 heterocycles. The van der Waals surface area contributed by atoms with Crippen LogP contribution < -0.4 is 0 Å². The van der Waals surface area contributed by atoms with E-state index in [1.165, 1.54) is 0 Å². The maximum absolute atomic E-state index is 9.30. The summed E-state index contributed by atoms with van der Waals surface area (Å²) in [5, 5.41) is 9.30. The SMILES string of the molecule is CCOCC1(CO)COC(C)(C)OC1. The van der Waals surface area contributed by atoms with Gasteiger partial charge in [-0.05, 0) is 20.8 Å². The fraction of sp³-hybridized carbons (Fsp3) is 1.00. The monoisotopic (exact) mass is 204 g/mol. The van der Waals surface area contributed by atoms with Crippen LogP contribution in [0.25, 0.3) is 0 Å². The van der Waals surface area contributed by atoms with Gasteiger partial charge in [0, 0.05) is 6.61 Å². The first-order valence-corrected chi connectivity index (χ1v) is 5.00. The molecule has 0 atom stereocenters. The molecule has 0 bridgehead atoms. The van der Waals surface area contributed by atoms with Gasteiger partial charge in [0.25, 0.3) is 0 Å². The summed E-state index contributed by atoms with van der Waals surface area (Å²) in [5.41, 5.74) is -0.383. The van der Waals surface area contributed by atoms with Gasteiger partial charge < -0.3 is 19.3 Å². The molecule has 0 saturated carbocycles. The second-order valence-electron chi connectivity index (χ2n) is 4.27. The van der Waals surface area contributed by atoms with Crippen LogP contribution in [-0.2, 0) is 14.2 Å². The minimum Gasteiger partial charge on any atom is -0.396 e. The Morgan fingerprint density at radius 1 is 1.29 bits per heavy atom. The van der Waals surface area contributed by atoms with Gasteiger partial charge in [-0.25, -0.2) is 0 Å². The zero-order valence-corrected chi connectivity index (χ0v) is 9.21. The summed E-state index contributed by atoms with van der Waals surface area (Å²) in [4.78, 5) is 0. The zero-order chi connectivity index (χ0) is 10.7. The maximum atomic E-state index is 9.30. The number of aliphatic hydroxyl groups excluding tert-OH is 1. The highest BCUT2D eigenvalue weighted by Crippen LogP contribution is 2.29. The topological polar surface area (TPSA) is 47.9 Å². The molecule has 1 N–H and O–H groups in total. The van der Waals surface area contributed by atoms with Gasteiger partial charge in [0.05, 0.1) is 31.8 Å². The summed E-state index contributed by atoms with van der Waals surface area (Å²) in [6.45, 7) is 7.79. The summed E-state index contributed by atoms with van der Waals surface area (Å²) in [5.74, 6) is -0.537. The van der Waals surface area contributed by atoms with E-state index in [2.05, 4.69) is 0 Å². The van der Waals surface area contributed by atoms with Crippen molar-refractivity contribution in [2.45, 2.75) is 26.6 Å². The standard InChI is InChI=1S/C10H20O4/c1-4-12-6-10(5-11)7-13-9(2,3)14-8-10/h11H,4-8H2,1-3H3. The number of hydrogen-bond acceptors (Lipinski definition) is 4. The van der Waals surface area contributed by atoms with Crippen LogP contribution in [0.15, 0.2) is 0 Å². The fourth-order valence-electron chi connectivity index (χ4n) is 1.28. The molecule has 0 aliphatic carbocycles. The van der Waals surface area contributed by atoms with E-state index < -0.39 is 5.79 Å². The molecular formula is C10H20O4. The lowest BCUT2D eigenvalue weighted by atomic mass is 9.91. The van der Waals surface area contributed by atoms with Crippen LogP contribution in [0.1, 0.15) is 20.8 Å². The van der Waals surface area contributed by atoms with Crippen molar-refractivity contribution < 1.29 is 19.3 Å². The molecule has 1 saturated heterocycles. The quantitative estimate of drug-likeness (QED) is 0.735. The van der Waals surface area contributed by atoms with Crippen LogP contribution in [0, 0.1) is 5.41 Å². The Morgan fingerprint density at radius 3 is 2.29 bits per heavy atom. The van der Waals surface area contributed by atoms with Gasteiger partial charge >= 0.3 is 0 Å². The minimum absolute atomic E-state index is 0.0308. The van der Waals surface area contributed by atoms with Crippen LogP contribution in [0.2, 0.25) is 0 Å². The zero-order valence-electron chi connectivity index (χ0n) is 9.21. The van der Waals surface area contributed by atoms with Crippen LogP contribution in [-0.4, -0.2) is 43.9 Å². The van der Waals surface area contributed by atoms with E-state index in [-0.39, 0.29) is 12.0 Å². The van der Waals surface area contributed by atoms with Gasteiger partial charge in [-0.2, -0.15) is 0 Å². The predicted octanol–water partition coefficient (Wildman–Crippen LogP) is 0.784. The van der Waals surface area contributed by atoms with Crippen molar-refractivity contribution in [2.24, 2.45) is 5.41 Å². The summed E-state index contributed by atoms with van der Waals surface area (Å²) in [6, 6.07) is 0. The Kier molecular flexibility index (Phi) is 3.89. The van der Waals surface area contributed by atoms with E-state index in [9.17, 15) is 5.11 Å². The highest BCUT2D eigenvalue weighted by molar-refractivity contribution is 4.82. The van der Waals surface area contributed by atoms with Crippen molar-refractivity contribution >= 4 is 0 Å². The Morgan fingerprint density at radius 2 is 1.86 bits per heavy atom. The lowest BCUT2D eigenvalue weighted by molar-refractivity contribution is -0.296. The van der Waals surface area contributed by atoms with Crippen molar-refractivity contribution in [3.8, 4) is 0 Å². The first-order chi connectivity index (χ1) is 6.54. The number of hydrogen-bond donors (Lipinski definition) is 1. The Bertz CT molecular complexity index is 169. The summed E-state index contributed by atoms with van der Waals surface area (Å²) < 4.78 is 16.3. The molecule has 1 aliphatic heterocycles. The van der Waals surface area contributed by atoms with Gasteiger partial charge in [-0.3, -0.25) is 0 Å². The molecule has 1 fully saturated rings. The summed E-state index contributed by atoms with van der Waals surface area (Å²) in [6.07, 6.45) is 0. The summed E-state index contributed by atoms with van der Waals surface area (Å²) in [7, 11) is 0. The lowest BCUT2D eigenvalue weighted by Gasteiger charge is -2.42. The van der Waals surface area contributed by atoms with Crippen LogP contribution >= 0.6 is 0 Å². The normalized spacial score (nSPS) is 24.9. The van der Waals surface area contributed by atoms with E-state index in [4.69, 9.17) is 14.2 Å². The smallest absolute Gasteiger partial charge is 0.162 e. The maximum Gasteiger partial charge on any atom is 0.162 e. The second-order valence-corrected chi connectivity index (χ2v) is 4.27. The van der Waals surface area contributed by atoms with Crippen molar-refractivity contribution in [1.29, 1.82) is 0 Å². The van der Waals surface area contributed by atoms with Crippen molar-refractivity contribution in [1.82, 2.24) is 0 Å². The van der Waals surface area contributed by atoms with Gasteiger partial charge in [0.2, 0.25) is 0 Å². The van der Waals surface area contributed by atoms with E-state index in [0.29, 0.717) is 26.4 Å². The third-order valence-corrected chi connectivity index (χ3v) is 2.40. The van der Waals surface area contributed by atoms with Gasteiger partial charge in [0.1, 0.15) is 0 Å². The number of aliphatic hydroxyl groups is 1. The third-order valence-electron chi connectivity index (χ3n) is 2.40. The number of rotatable bonds is 4. The Hall–Kier alpha value is -0.160. The van der Waals surface area contributed by atoms with Crippen LogP contribution in [0.5, 0.6) is 0 Å². The third kappa shape index (κ3) is 2.92. The summed E-state index contributed by atoms with van der Waals surface area (Å²) >= 11 is 0. The van der Waals surface area contributed by atoms with E-state index in [1.54, 1.807) is 0 Å². The molecule has 4 heteroatoms. The highest BCUT2D eigenvalue weighted by atomic mass is 16.7. The molecule has 0 aromatic rings. The van der Waals surface area contributed by atoms with Crippen LogP contribution in [0.4, 0.5) is 0 Å². The molecule has 0 radical (unpaired) electrons. The van der Waals surface area contributed by atoms with Gasteiger partial charge in [-0.1, -0.05) is 0 Å². The van der Waals surface area contributed by atoms with Crippen molar-refractivity contribution in [3.05, 3.63) is 0 Å². The average Bonchev–Trinajstić information content (AvgIpc) is 2.18. The molecular weight excluding hydrogens is 184 g/mol. The molecule has 4 nitrogen and oxygen atoms in total. The second kappa shape index (κ2) is 4.57. The Balaban J connectivity index is 2.48. The fourth-order valence-corrected chi connectivity index (χ4v) is 1.28. The molecule has 84 valence electrons. The van der Waals surface area contributed by atoms with E-state index in [1.807, 2.05) is 20.8 Å². The molecule has 0 aromatic heterocycles. The molecule has 1 rings (SSSR count). The van der Waals surface area contributed by atoms with E-state index >= 15 is 0 Å². The first-order valence-electron chi connectivity index (χ1n) is 5.00. The van der Waals surface area contributed by atoms with Gasteiger partial charge in [0.15, 0.2) is 5.79 Å². The highest BCUT2D eigenvalue weighted by Gasteiger charge is 2.39. The molecule has 14 heavy (non-hydrogen) atoms. The van der Waals surface area contributed by atoms with Gasteiger partial charge in [-0.15, -0.1) is 0 Å². The first kappa shape index (κ1) is 11.9. The minimum atomic E-state index is -0.537. The molecule has 0 spiro atoms. The predicted molar refractivity (Wildman–Crippen MR) is 52.0 cm³/mol. The Labute approximate surface area is 85.2 Å². The lowest BCUT2D eigenvalue weighted by Crippen LogP contribution is -2.50. The molecule has 0 amide bonds. The largest absolute Gasteiger partial charge is 0.396 e. The number of ether oxygens (including phenoxy) is 3. The molecule has 1 aliphatic rings. The molecule has 0 aromatic carbocycles. The van der Waals surface area contributed by atoms with E-state index in [0.717, 1.165) is 0 Å². The molecule has 0 unspecified atom stereocenters. The van der Waals surface area contributed by atoms with Crippen LogP contribution in [0.3, 0.4) is 0 Å². The average molecular weight is 204 g/mol. The van der Waals surface area contributed by atoms with Crippen molar-refractivity contribution in [3.63, 3.8) is 0 Å². The van der Waals surface area contributed by atoms with Crippen molar-refractivity contribution in [2.75, 3.05) is 33.0 Å².